The van der Waals surface area contributed by atoms with E-state index in [9.17, 15) is 4.79 Å². The van der Waals surface area contributed by atoms with Crippen LogP contribution in [0.4, 0.5) is 4.79 Å². The van der Waals surface area contributed by atoms with Gasteiger partial charge in [-0.15, -0.1) is 0 Å². The topological polar surface area (TPSA) is 41.6 Å². The zero-order valence-electron chi connectivity index (χ0n) is 12.9. The monoisotopic (exact) mass is 354 g/mol. The van der Waals surface area contributed by atoms with Gasteiger partial charge in [-0.1, -0.05) is 28.1 Å². The standard InChI is InChI=1S/C16H23BrN2O2/c1-16(2,3)21-15(20)19-8-7-14(11-19)18-10-12-5-4-6-13(17)9-12/h4-6,9,14,18H,7-8,10-11H2,1-3H3/t14-/m1/s1. The fourth-order valence-electron chi connectivity index (χ4n) is 2.33. The maximum Gasteiger partial charge on any atom is 0.410 e. The van der Waals surface area contributed by atoms with Gasteiger partial charge >= 0.3 is 6.09 Å². The van der Waals surface area contributed by atoms with Crippen molar-refractivity contribution in [2.45, 2.75) is 45.4 Å². The SMILES string of the molecule is CC(C)(C)OC(=O)N1CC[C@@H](NCc2cccc(Br)c2)C1. The first-order valence-corrected chi connectivity index (χ1v) is 8.08. The molecule has 1 amide bonds. The van der Waals surface area contributed by atoms with Crippen LogP contribution in [0.5, 0.6) is 0 Å². The van der Waals surface area contributed by atoms with Crippen molar-refractivity contribution in [2.24, 2.45) is 0 Å². The highest BCUT2D eigenvalue weighted by atomic mass is 79.9. The summed E-state index contributed by atoms with van der Waals surface area (Å²) in [6, 6.07) is 8.58. The van der Waals surface area contributed by atoms with Crippen molar-refractivity contribution >= 4 is 22.0 Å². The third-order valence-corrected chi connectivity index (χ3v) is 3.82. The Morgan fingerprint density at radius 1 is 1.48 bits per heavy atom. The summed E-state index contributed by atoms with van der Waals surface area (Å²) in [4.78, 5) is 13.8. The lowest BCUT2D eigenvalue weighted by Gasteiger charge is -2.24. The molecule has 0 unspecified atom stereocenters. The molecule has 116 valence electrons. The van der Waals surface area contributed by atoms with Gasteiger partial charge in [-0.3, -0.25) is 0 Å². The van der Waals surface area contributed by atoms with Gasteiger partial charge in [0, 0.05) is 30.1 Å². The molecule has 2 rings (SSSR count). The van der Waals surface area contributed by atoms with E-state index >= 15 is 0 Å². The van der Waals surface area contributed by atoms with Crippen molar-refractivity contribution in [1.29, 1.82) is 0 Å². The number of rotatable bonds is 3. The minimum absolute atomic E-state index is 0.214. The van der Waals surface area contributed by atoms with Crippen LogP contribution in [-0.4, -0.2) is 35.7 Å². The summed E-state index contributed by atoms with van der Waals surface area (Å²) in [5.74, 6) is 0. The van der Waals surface area contributed by atoms with Crippen LogP contribution in [0.15, 0.2) is 28.7 Å². The van der Waals surface area contributed by atoms with E-state index in [0.717, 1.165) is 24.0 Å². The summed E-state index contributed by atoms with van der Waals surface area (Å²) in [5.41, 5.74) is 0.805. The molecule has 4 nitrogen and oxygen atoms in total. The van der Waals surface area contributed by atoms with Gasteiger partial charge in [0.15, 0.2) is 0 Å². The third kappa shape index (κ3) is 5.32. The average molecular weight is 355 g/mol. The van der Waals surface area contributed by atoms with Gasteiger partial charge in [0.2, 0.25) is 0 Å². The Hall–Kier alpha value is -1.07. The molecule has 1 heterocycles. The molecule has 0 radical (unpaired) electrons. The van der Waals surface area contributed by atoms with Crippen LogP contribution in [0.25, 0.3) is 0 Å². The zero-order chi connectivity index (χ0) is 15.5. The fourth-order valence-corrected chi connectivity index (χ4v) is 2.77. The highest BCUT2D eigenvalue weighted by Crippen LogP contribution is 2.16. The van der Waals surface area contributed by atoms with Gasteiger partial charge in [0.1, 0.15) is 5.60 Å². The average Bonchev–Trinajstić information content (AvgIpc) is 2.83. The Kier molecular flexibility index (Phi) is 5.27. The van der Waals surface area contributed by atoms with E-state index in [1.165, 1.54) is 5.56 Å². The molecule has 0 spiro atoms. The molecule has 5 heteroatoms. The maximum atomic E-state index is 12.0. The van der Waals surface area contributed by atoms with Gasteiger partial charge in [-0.2, -0.15) is 0 Å². The first-order chi connectivity index (χ1) is 9.83. The molecule has 1 aliphatic rings. The molecule has 1 N–H and O–H groups in total. The lowest BCUT2D eigenvalue weighted by atomic mass is 10.2. The van der Waals surface area contributed by atoms with E-state index in [1.807, 2.05) is 32.9 Å². The second-order valence-electron chi connectivity index (χ2n) is 6.42. The predicted molar refractivity (Wildman–Crippen MR) is 87.2 cm³/mol. The zero-order valence-corrected chi connectivity index (χ0v) is 14.4. The summed E-state index contributed by atoms with van der Waals surface area (Å²) in [6.07, 6.45) is 0.752. The molecule has 0 bridgehead atoms. The number of nitrogens with one attached hydrogen (secondary N) is 1. The number of hydrogen-bond donors (Lipinski definition) is 1. The maximum absolute atomic E-state index is 12.0. The third-order valence-electron chi connectivity index (χ3n) is 3.32. The van der Waals surface area contributed by atoms with Crippen molar-refractivity contribution < 1.29 is 9.53 Å². The Morgan fingerprint density at radius 2 is 2.24 bits per heavy atom. The van der Waals surface area contributed by atoms with E-state index in [1.54, 1.807) is 4.90 Å². The molecule has 21 heavy (non-hydrogen) atoms. The number of benzene rings is 1. The van der Waals surface area contributed by atoms with E-state index in [4.69, 9.17) is 4.74 Å². The second-order valence-corrected chi connectivity index (χ2v) is 7.34. The van der Waals surface area contributed by atoms with E-state index < -0.39 is 5.60 Å². The van der Waals surface area contributed by atoms with Gasteiger partial charge in [0.25, 0.3) is 0 Å². The van der Waals surface area contributed by atoms with Gasteiger partial charge in [0.05, 0.1) is 0 Å². The quantitative estimate of drug-likeness (QED) is 0.902. The number of hydrogen-bond acceptors (Lipinski definition) is 3. The first kappa shape index (κ1) is 16.3. The van der Waals surface area contributed by atoms with Crippen molar-refractivity contribution in [3.8, 4) is 0 Å². The molecule has 1 aliphatic heterocycles. The number of nitrogens with zero attached hydrogens (tertiary/aromatic N) is 1. The predicted octanol–water partition coefficient (Wildman–Crippen LogP) is 3.55. The van der Waals surface area contributed by atoms with E-state index in [0.29, 0.717) is 12.6 Å². The summed E-state index contributed by atoms with van der Waals surface area (Å²) < 4.78 is 6.49. The molecule has 0 saturated carbocycles. The summed E-state index contributed by atoms with van der Waals surface area (Å²) >= 11 is 3.47. The van der Waals surface area contributed by atoms with Crippen LogP contribution in [0.2, 0.25) is 0 Å². The Balaban J connectivity index is 1.79. The number of ether oxygens (including phenoxy) is 1. The summed E-state index contributed by atoms with van der Waals surface area (Å²) in [6.45, 7) is 7.96. The van der Waals surface area contributed by atoms with Crippen molar-refractivity contribution in [2.75, 3.05) is 13.1 Å². The second kappa shape index (κ2) is 6.79. The van der Waals surface area contributed by atoms with Crippen molar-refractivity contribution in [1.82, 2.24) is 10.2 Å². The largest absolute Gasteiger partial charge is 0.444 e. The molecule has 1 fully saturated rings. The molecule has 1 saturated heterocycles. The molecule has 1 atom stereocenters. The van der Waals surface area contributed by atoms with Gasteiger partial charge in [-0.25, -0.2) is 4.79 Å². The van der Waals surface area contributed by atoms with Crippen LogP contribution in [0.1, 0.15) is 32.8 Å². The van der Waals surface area contributed by atoms with E-state index in [-0.39, 0.29) is 6.09 Å². The van der Waals surface area contributed by atoms with Crippen LogP contribution in [0, 0.1) is 0 Å². The molecular weight excluding hydrogens is 332 g/mol. The van der Waals surface area contributed by atoms with Crippen molar-refractivity contribution in [3.63, 3.8) is 0 Å². The van der Waals surface area contributed by atoms with E-state index in [2.05, 4.69) is 33.4 Å². The minimum atomic E-state index is -0.432. The first-order valence-electron chi connectivity index (χ1n) is 7.29. The lowest BCUT2D eigenvalue weighted by molar-refractivity contribution is 0.0291. The normalized spacial score (nSPS) is 18.9. The number of halogens is 1. The highest BCUT2D eigenvalue weighted by molar-refractivity contribution is 9.10. The number of likely N-dealkylation sites (tertiary alicyclic amines) is 1. The Bertz CT molecular complexity index is 499. The van der Waals surface area contributed by atoms with Gasteiger partial charge in [-0.05, 0) is 44.9 Å². The molecule has 0 aromatic heterocycles. The minimum Gasteiger partial charge on any atom is -0.444 e. The Labute approximate surface area is 135 Å². The summed E-state index contributed by atoms with van der Waals surface area (Å²) in [5, 5.41) is 3.50. The highest BCUT2D eigenvalue weighted by Gasteiger charge is 2.29. The lowest BCUT2D eigenvalue weighted by Crippen LogP contribution is -2.38. The number of amides is 1. The van der Waals surface area contributed by atoms with Crippen molar-refractivity contribution in [3.05, 3.63) is 34.3 Å². The van der Waals surface area contributed by atoms with Gasteiger partial charge < -0.3 is 15.0 Å². The molecular formula is C16H23BrN2O2. The fraction of sp³-hybridized carbons (Fsp3) is 0.562. The summed E-state index contributed by atoms with van der Waals surface area (Å²) in [7, 11) is 0. The van der Waals surface area contributed by atoms with Crippen LogP contribution in [-0.2, 0) is 11.3 Å². The molecule has 0 aliphatic carbocycles. The van der Waals surface area contributed by atoms with Crippen LogP contribution in [0.3, 0.4) is 0 Å². The van der Waals surface area contributed by atoms with Crippen LogP contribution < -0.4 is 5.32 Å². The smallest absolute Gasteiger partial charge is 0.410 e. The number of carbonyl (C=O) groups excluding carboxylic acids is 1. The molecule has 1 aromatic rings. The number of carbonyl (C=O) groups is 1. The molecule has 1 aromatic carbocycles. The van der Waals surface area contributed by atoms with Crippen LogP contribution >= 0.6 is 15.9 Å². The Morgan fingerprint density at radius 3 is 2.90 bits per heavy atom.